The molecule has 1 aliphatic rings. The first-order chi connectivity index (χ1) is 14.0. The molecule has 8 heteroatoms. The number of amides is 2. The molecule has 0 saturated carbocycles. The summed E-state index contributed by atoms with van der Waals surface area (Å²) in [7, 11) is 0. The number of hydrogen-bond donors (Lipinski definition) is 2. The van der Waals surface area contributed by atoms with Gasteiger partial charge < -0.3 is 15.0 Å². The van der Waals surface area contributed by atoms with Crippen LogP contribution in [0.25, 0.3) is 0 Å². The maximum absolute atomic E-state index is 12.9. The van der Waals surface area contributed by atoms with Gasteiger partial charge in [0, 0.05) is 25.4 Å². The summed E-state index contributed by atoms with van der Waals surface area (Å²) in [5.41, 5.74) is 1.02. The molecule has 0 aliphatic carbocycles. The lowest BCUT2D eigenvalue weighted by atomic mass is 9.94. The molecule has 1 atom stereocenters. The number of likely N-dealkylation sites (tertiary alicyclic amines) is 1. The Kier molecular flexibility index (Phi) is 7.21. The fourth-order valence-electron chi connectivity index (χ4n) is 3.40. The molecule has 1 saturated heterocycles. The average Bonchev–Trinajstić information content (AvgIpc) is 3.25. The van der Waals surface area contributed by atoms with E-state index in [1.165, 1.54) is 6.33 Å². The van der Waals surface area contributed by atoms with Gasteiger partial charge in [0.1, 0.15) is 12.2 Å². The van der Waals surface area contributed by atoms with E-state index in [1.807, 2.05) is 44.2 Å². The number of hydrogen-bond acceptors (Lipinski definition) is 5. The molecule has 0 spiro atoms. The smallest absolute Gasteiger partial charge is 0.409 e. The first-order valence-electron chi connectivity index (χ1n) is 10.1. The van der Waals surface area contributed by atoms with Crippen molar-refractivity contribution in [1.82, 2.24) is 25.4 Å². The molecule has 2 amide bonds. The summed E-state index contributed by atoms with van der Waals surface area (Å²) in [4.78, 5) is 30.9. The van der Waals surface area contributed by atoms with E-state index in [-0.39, 0.29) is 24.0 Å². The van der Waals surface area contributed by atoms with Crippen molar-refractivity contribution in [3.63, 3.8) is 0 Å². The van der Waals surface area contributed by atoms with Crippen LogP contribution in [0.2, 0.25) is 0 Å². The van der Waals surface area contributed by atoms with Gasteiger partial charge in [-0.3, -0.25) is 9.89 Å². The fraction of sp³-hybridized carbons (Fsp3) is 0.524. The highest BCUT2D eigenvalue weighted by Crippen LogP contribution is 2.22. The van der Waals surface area contributed by atoms with E-state index >= 15 is 0 Å². The largest absolute Gasteiger partial charge is 0.449 e. The summed E-state index contributed by atoms with van der Waals surface area (Å²) in [6.07, 6.45) is 2.98. The number of carbonyl (C=O) groups is 2. The third-order valence-electron chi connectivity index (χ3n) is 5.04. The Labute approximate surface area is 171 Å². The fourth-order valence-corrected chi connectivity index (χ4v) is 3.40. The van der Waals surface area contributed by atoms with Gasteiger partial charge in [-0.1, -0.05) is 44.2 Å². The van der Waals surface area contributed by atoms with Gasteiger partial charge in [-0.2, -0.15) is 5.10 Å². The molecule has 0 bridgehead atoms. The number of H-pyrrole nitrogens is 1. The first-order valence-corrected chi connectivity index (χ1v) is 10.1. The Balaban J connectivity index is 1.56. The van der Waals surface area contributed by atoms with Crippen molar-refractivity contribution in [2.45, 2.75) is 39.2 Å². The van der Waals surface area contributed by atoms with E-state index in [0.717, 1.165) is 11.4 Å². The molecule has 2 aromatic rings. The molecule has 2 heterocycles. The molecule has 29 heavy (non-hydrogen) atoms. The van der Waals surface area contributed by atoms with Gasteiger partial charge in [-0.25, -0.2) is 9.78 Å². The molecule has 1 aromatic heterocycles. The highest BCUT2D eigenvalue weighted by atomic mass is 16.6. The first kappa shape index (κ1) is 20.8. The Hall–Kier alpha value is -2.90. The average molecular weight is 399 g/mol. The van der Waals surface area contributed by atoms with E-state index in [2.05, 4.69) is 20.5 Å². The van der Waals surface area contributed by atoms with Crippen LogP contribution in [0.15, 0.2) is 36.7 Å². The molecule has 156 valence electrons. The van der Waals surface area contributed by atoms with Crippen molar-refractivity contribution in [2.24, 2.45) is 11.8 Å². The summed E-state index contributed by atoms with van der Waals surface area (Å²) < 4.78 is 5.29. The Bertz CT molecular complexity index is 771. The molecule has 1 fully saturated rings. The monoisotopic (exact) mass is 399 g/mol. The third-order valence-corrected chi connectivity index (χ3v) is 5.04. The number of nitrogens with one attached hydrogen (secondary N) is 2. The maximum Gasteiger partial charge on any atom is 0.409 e. The van der Waals surface area contributed by atoms with Crippen molar-refractivity contribution in [3.05, 3.63) is 48.0 Å². The van der Waals surface area contributed by atoms with Gasteiger partial charge in [-0.05, 0) is 24.3 Å². The second-order valence-electron chi connectivity index (χ2n) is 7.84. The zero-order valence-corrected chi connectivity index (χ0v) is 17.0. The van der Waals surface area contributed by atoms with Gasteiger partial charge in [0.05, 0.1) is 12.6 Å². The van der Waals surface area contributed by atoms with Crippen molar-refractivity contribution in [1.29, 1.82) is 0 Å². The van der Waals surface area contributed by atoms with Crippen molar-refractivity contribution < 1.29 is 14.3 Å². The van der Waals surface area contributed by atoms with Crippen LogP contribution in [0, 0.1) is 11.8 Å². The van der Waals surface area contributed by atoms with Crippen LogP contribution in [0.1, 0.15) is 44.1 Å². The van der Waals surface area contributed by atoms with Gasteiger partial charge >= 0.3 is 6.09 Å². The molecule has 8 nitrogen and oxygen atoms in total. The van der Waals surface area contributed by atoms with Crippen LogP contribution in [-0.4, -0.2) is 51.8 Å². The number of aromatic amines is 1. The normalized spacial score (nSPS) is 15.9. The van der Waals surface area contributed by atoms with Crippen LogP contribution in [-0.2, 0) is 16.0 Å². The summed E-state index contributed by atoms with van der Waals surface area (Å²) in [5, 5.41) is 9.91. The molecular weight excluding hydrogens is 370 g/mol. The van der Waals surface area contributed by atoms with Crippen LogP contribution in [0.3, 0.4) is 0 Å². The minimum Gasteiger partial charge on any atom is -0.449 e. The van der Waals surface area contributed by atoms with Crippen LogP contribution >= 0.6 is 0 Å². The topological polar surface area (TPSA) is 100 Å². The Morgan fingerprint density at radius 2 is 1.97 bits per heavy atom. The minimum absolute atomic E-state index is 0.00793. The van der Waals surface area contributed by atoms with Crippen molar-refractivity contribution >= 4 is 12.0 Å². The lowest BCUT2D eigenvalue weighted by Crippen LogP contribution is -2.44. The third kappa shape index (κ3) is 6.04. The molecular formula is C21H29N5O3. The minimum atomic E-state index is -0.287. The number of carbonyl (C=O) groups excluding carboxylic acids is 2. The number of aromatic nitrogens is 3. The van der Waals surface area contributed by atoms with Gasteiger partial charge in [0.25, 0.3) is 0 Å². The number of benzene rings is 1. The van der Waals surface area contributed by atoms with Crippen molar-refractivity contribution in [2.75, 3.05) is 19.7 Å². The highest BCUT2D eigenvalue weighted by Gasteiger charge is 2.29. The summed E-state index contributed by atoms with van der Waals surface area (Å²) in [5.74, 6) is 0.919. The number of piperidine rings is 1. The van der Waals surface area contributed by atoms with Crippen LogP contribution < -0.4 is 5.32 Å². The predicted molar refractivity (Wildman–Crippen MR) is 108 cm³/mol. The van der Waals surface area contributed by atoms with E-state index in [9.17, 15) is 9.59 Å². The molecule has 0 unspecified atom stereocenters. The van der Waals surface area contributed by atoms with E-state index in [1.54, 1.807) is 4.90 Å². The zero-order chi connectivity index (χ0) is 20.6. The summed E-state index contributed by atoms with van der Waals surface area (Å²) in [6.45, 7) is 5.50. The van der Waals surface area contributed by atoms with Crippen LogP contribution in [0.5, 0.6) is 0 Å². The lowest BCUT2D eigenvalue weighted by Gasteiger charge is -2.31. The number of ether oxygens (including phenoxy) is 1. The van der Waals surface area contributed by atoms with Gasteiger partial charge in [0.15, 0.2) is 0 Å². The van der Waals surface area contributed by atoms with E-state index in [0.29, 0.717) is 44.9 Å². The second-order valence-corrected chi connectivity index (χ2v) is 7.84. The van der Waals surface area contributed by atoms with Gasteiger partial charge in [0.2, 0.25) is 5.91 Å². The standard InChI is InChI=1S/C21H29N5O3/c1-15(2)13-29-21(28)26-10-8-17(9-11-26)20(27)24-18(12-19-22-14-23-25-19)16-6-4-3-5-7-16/h3-7,14-15,17-18H,8-13H2,1-2H3,(H,24,27)(H,22,23,25)/t18-/m1/s1. The molecule has 3 rings (SSSR count). The second kappa shape index (κ2) is 10.0. The van der Waals surface area contributed by atoms with E-state index in [4.69, 9.17) is 4.74 Å². The quantitative estimate of drug-likeness (QED) is 0.746. The Morgan fingerprint density at radius 3 is 2.59 bits per heavy atom. The lowest BCUT2D eigenvalue weighted by molar-refractivity contribution is -0.127. The van der Waals surface area contributed by atoms with Crippen molar-refractivity contribution in [3.8, 4) is 0 Å². The number of rotatable bonds is 7. The zero-order valence-electron chi connectivity index (χ0n) is 17.0. The van der Waals surface area contributed by atoms with E-state index < -0.39 is 0 Å². The SMILES string of the molecule is CC(C)COC(=O)N1CCC(C(=O)N[C@H](Cc2ncn[nH]2)c2ccccc2)CC1. The molecule has 0 radical (unpaired) electrons. The predicted octanol–water partition coefficient (Wildman–Crippen LogP) is 2.71. The summed E-state index contributed by atoms with van der Waals surface area (Å²) >= 11 is 0. The highest BCUT2D eigenvalue weighted by molar-refractivity contribution is 5.79. The molecule has 1 aromatic carbocycles. The number of nitrogens with zero attached hydrogens (tertiary/aromatic N) is 3. The molecule has 1 aliphatic heterocycles. The Morgan fingerprint density at radius 1 is 1.24 bits per heavy atom. The van der Waals surface area contributed by atoms with Crippen LogP contribution in [0.4, 0.5) is 4.79 Å². The maximum atomic E-state index is 12.9. The molecule has 2 N–H and O–H groups in total. The summed E-state index contributed by atoms with van der Waals surface area (Å²) in [6, 6.07) is 9.66. The van der Waals surface area contributed by atoms with Gasteiger partial charge in [-0.15, -0.1) is 0 Å².